The van der Waals surface area contributed by atoms with Crippen LogP contribution in [0.3, 0.4) is 0 Å². The number of hydrogen-bond acceptors (Lipinski definition) is 4. The number of rotatable bonds is 4. The number of aromatic carboxylic acids is 1. The van der Waals surface area contributed by atoms with Crippen molar-refractivity contribution in [3.63, 3.8) is 0 Å². The number of nitrogens with zero attached hydrogens (tertiary/aromatic N) is 1. The Kier molecular flexibility index (Phi) is 4.61. The zero-order valence-corrected chi connectivity index (χ0v) is 11.7. The summed E-state index contributed by atoms with van der Waals surface area (Å²) in [7, 11) is 0. The van der Waals surface area contributed by atoms with Gasteiger partial charge in [0.25, 0.3) is 0 Å². The first-order valence-corrected chi connectivity index (χ1v) is 6.37. The number of hydrazone groups is 1. The monoisotopic (exact) mass is 307 g/mol. The fourth-order valence-corrected chi connectivity index (χ4v) is 1.92. The van der Waals surface area contributed by atoms with Gasteiger partial charge in [-0.25, -0.2) is 0 Å². The van der Waals surface area contributed by atoms with Gasteiger partial charge in [-0.3, -0.25) is 5.43 Å². The Balaban J connectivity index is 2.04. The average Bonchev–Trinajstić information content (AvgIpc) is 2.42. The van der Waals surface area contributed by atoms with Crippen molar-refractivity contribution >= 4 is 41.1 Å². The fraction of sp³-hybridized carbons (Fsp3) is 0. The molecule has 0 saturated heterocycles. The van der Waals surface area contributed by atoms with Crippen LogP contribution in [-0.2, 0) is 0 Å². The molecule has 0 aliphatic rings. The van der Waals surface area contributed by atoms with Crippen molar-refractivity contribution in [2.45, 2.75) is 0 Å². The second-order valence-electron chi connectivity index (χ2n) is 3.90. The molecule has 2 rings (SSSR count). The van der Waals surface area contributed by atoms with Crippen molar-refractivity contribution in [1.82, 2.24) is 0 Å². The lowest BCUT2D eigenvalue weighted by Crippen LogP contribution is -2.21. The van der Waals surface area contributed by atoms with Gasteiger partial charge in [0.1, 0.15) is 0 Å². The van der Waals surface area contributed by atoms with Crippen molar-refractivity contribution in [2.75, 3.05) is 5.43 Å². The molecule has 0 saturated carbocycles. The SMILES string of the molecule is O=C([O-])c1ccc(N/N=C\c2ccc(Cl)cc2Cl)cc1. The van der Waals surface area contributed by atoms with Gasteiger partial charge in [0.2, 0.25) is 0 Å². The van der Waals surface area contributed by atoms with E-state index in [1.807, 2.05) is 0 Å². The Labute approximate surface area is 125 Å². The van der Waals surface area contributed by atoms with Gasteiger partial charge >= 0.3 is 0 Å². The van der Waals surface area contributed by atoms with Gasteiger partial charge in [-0.2, -0.15) is 5.10 Å². The minimum absolute atomic E-state index is 0.111. The van der Waals surface area contributed by atoms with Crippen LogP contribution in [-0.4, -0.2) is 12.2 Å². The maximum absolute atomic E-state index is 10.6. The fourth-order valence-electron chi connectivity index (χ4n) is 1.46. The second-order valence-corrected chi connectivity index (χ2v) is 4.74. The van der Waals surface area contributed by atoms with E-state index in [-0.39, 0.29) is 5.56 Å². The first kappa shape index (κ1) is 14.4. The van der Waals surface area contributed by atoms with Crippen molar-refractivity contribution in [3.05, 3.63) is 63.6 Å². The van der Waals surface area contributed by atoms with Crippen LogP contribution in [0.1, 0.15) is 15.9 Å². The predicted octanol–water partition coefficient (Wildman–Crippen LogP) is 2.80. The van der Waals surface area contributed by atoms with Crippen molar-refractivity contribution in [3.8, 4) is 0 Å². The van der Waals surface area contributed by atoms with E-state index < -0.39 is 5.97 Å². The molecule has 0 aliphatic carbocycles. The number of halogens is 2. The van der Waals surface area contributed by atoms with E-state index in [0.29, 0.717) is 15.7 Å². The number of carbonyl (C=O) groups excluding carboxylic acids is 1. The molecule has 20 heavy (non-hydrogen) atoms. The minimum Gasteiger partial charge on any atom is -0.545 e. The summed E-state index contributed by atoms with van der Waals surface area (Å²) in [5.74, 6) is -1.21. The van der Waals surface area contributed by atoms with E-state index in [1.54, 1.807) is 36.5 Å². The Morgan fingerprint density at radius 1 is 1.15 bits per heavy atom. The van der Waals surface area contributed by atoms with E-state index in [9.17, 15) is 9.90 Å². The number of carboxylic acids is 1. The highest BCUT2D eigenvalue weighted by Crippen LogP contribution is 2.19. The lowest BCUT2D eigenvalue weighted by molar-refractivity contribution is -0.255. The van der Waals surface area contributed by atoms with Crippen LogP contribution in [0, 0.1) is 0 Å². The molecule has 0 atom stereocenters. The smallest absolute Gasteiger partial charge is 0.0715 e. The molecule has 0 bridgehead atoms. The third-order valence-corrected chi connectivity index (χ3v) is 3.04. The molecule has 0 fully saturated rings. The normalized spacial score (nSPS) is 10.7. The zero-order chi connectivity index (χ0) is 14.5. The lowest BCUT2D eigenvalue weighted by atomic mass is 10.2. The number of carboxylic acid groups (broad SMARTS) is 1. The highest BCUT2D eigenvalue weighted by Gasteiger charge is 1.98. The van der Waals surface area contributed by atoms with Crippen LogP contribution >= 0.6 is 23.2 Å². The van der Waals surface area contributed by atoms with Crippen LogP contribution < -0.4 is 10.5 Å². The molecular weight excluding hydrogens is 299 g/mol. The van der Waals surface area contributed by atoms with Gasteiger partial charge in [-0.05, 0) is 29.8 Å². The van der Waals surface area contributed by atoms with Gasteiger partial charge in [0, 0.05) is 10.6 Å². The first-order chi connectivity index (χ1) is 9.56. The van der Waals surface area contributed by atoms with E-state index >= 15 is 0 Å². The highest BCUT2D eigenvalue weighted by molar-refractivity contribution is 6.36. The molecule has 0 aromatic heterocycles. The summed E-state index contributed by atoms with van der Waals surface area (Å²) in [4.78, 5) is 10.6. The second kappa shape index (κ2) is 6.41. The van der Waals surface area contributed by atoms with E-state index in [1.165, 1.54) is 12.1 Å². The molecule has 0 heterocycles. The number of benzene rings is 2. The molecule has 2 aromatic carbocycles. The lowest BCUT2D eigenvalue weighted by Gasteiger charge is -2.04. The van der Waals surface area contributed by atoms with Crippen LogP contribution in [0.4, 0.5) is 5.69 Å². The molecule has 0 aliphatic heterocycles. The Morgan fingerprint density at radius 3 is 2.45 bits per heavy atom. The van der Waals surface area contributed by atoms with E-state index in [2.05, 4.69) is 10.5 Å². The van der Waals surface area contributed by atoms with E-state index in [4.69, 9.17) is 23.2 Å². The third-order valence-electron chi connectivity index (χ3n) is 2.48. The molecule has 0 amide bonds. The molecule has 6 heteroatoms. The molecule has 2 aromatic rings. The molecule has 102 valence electrons. The maximum Gasteiger partial charge on any atom is 0.0715 e. The van der Waals surface area contributed by atoms with Crippen LogP contribution in [0.15, 0.2) is 47.6 Å². The summed E-state index contributed by atoms with van der Waals surface area (Å²) in [5, 5.41) is 15.7. The summed E-state index contributed by atoms with van der Waals surface area (Å²) in [6, 6.07) is 11.1. The summed E-state index contributed by atoms with van der Waals surface area (Å²) in [5.41, 5.74) is 4.24. The molecule has 0 spiro atoms. The van der Waals surface area contributed by atoms with Crippen molar-refractivity contribution in [2.24, 2.45) is 5.10 Å². The van der Waals surface area contributed by atoms with Crippen LogP contribution in [0.2, 0.25) is 10.0 Å². The number of hydrogen-bond donors (Lipinski definition) is 1. The number of nitrogens with one attached hydrogen (secondary N) is 1. The van der Waals surface area contributed by atoms with Gasteiger partial charge in [-0.15, -0.1) is 0 Å². The summed E-state index contributed by atoms with van der Waals surface area (Å²) >= 11 is 11.8. The largest absolute Gasteiger partial charge is 0.545 e. The summed E-state index contributed by atoms with van der Waals surface area (Å²) in [6.45, 7) is 0. The maximum atomic E-state index is 10.6. The molecule has 0 unspecified atom stereocenters. The predicted molar refractivity (Wildman–Crippen MR) is 78.5 cm³/mol. The van der Waals surface area contributed by atoms with Crippen LogP contribution in [0.5, 0.6) is 0 Å². The molecule has 0 radical (unpaired) electrons. The van der Waals surface area contributed by atoms with E-state index in [0.717, 1.165) is 5.56 Å². The third kappa shape index (κ3) is 3.73. The molecule has 4 nitrogen and oxygen atoms in total. The van der Waals surface area contributed by atoms with Crippen molar-refractivity contribution < 1.29 is 9.90 Å². The topological polar surface area (TPSA) is 64.5 Å². The zero-order valence-electron chi connectivity index (χ0n) is 10.1. The van der Waals surface area contributed by atoms with Gasteiger partial charge in [-0.1, -0.05) is 41.4 Å². The van der Waals surface area contributed by atoms with Gasteiger partial charge in [0.15, 0.2) is 0 Å². The standard InChI is InChI=1S/C14H10Cl2N2O2/c15-11-4-1-10(13(16)7-11)8-17-18-12-5-2-9(3-6-12)14(19)20/h1-8,18H,(H,19,20)/p-1/b17-8-. The minimum atomic E-state index is -1.21. The molecular formula is C14H9Cl2N2O2-. The van der Waals surface area contributed by atoms with Gasteiger partial charge < -0.3 is 9.90 Å². The summed E-state index contributed by atoms with van der Waals surface area (Å²) < 4.78 is 0. The number of anilines is 1. The molecule has 1 N–H and O–H groups in total. The van der Waals surface area contributed by atoms with Gasteiger partial charge in [0.05, 0.1) is 22.9 Å². The highest BCUT2D eigenvalue weighted by atomic mass is 35.5. The Bertz CT molecular complexity index is 655. The average molecular weight is 308 g/mol. The van der Waals surface area contributed by atoms with Crippen molar-refractivity contribution in [1.29, 1.82) is 0 Å². The quantitative estimate of drug-likeness (QED) is 0.698. The first-order valence-electron chi connectivity index (χ1n) is 5.62. The van der Waals surface area contributed by atoms with Crippen LogP contribution in [0.25, 0.3) is 0 Å². The summed E-state index contributed by atoms with van der Waals surface area (Å²) in [6.07, 6.45) is 1.55. The Hall–Kier alpha value is -2.04. The number of carbonyl (C=O) groups is 1. The Morgan fingerprint density at radius 2 is 1.85 bits per heavy atom.